The number of carbonyl (C=O) groups excluding carboxylic acids is 1. The number of anilines is 1. The molecule has 0 bridgehead atoms. The Kier molecular flexibility index (Phi) is 5.26. The first-order chi connectivity index (χ1) is 10.8. The van der Waals surface area contributed by atoms with Crippen molar-refractivity contribution in [1.82, 2.24) is 15.1 Å². The number of aryl methyl sites for hydroxylation is 1. The van der Waals surface area contributed by atoms with Gasteiger partial charge in [0.25, 0.3) is 0 Å². The molecule has 2 rings (SSSR count). The second-order valence-electron chi connectivity index (χ2n) is 6.43. The first kappa shape index (κ1) is 16.9. The lowest BCUT2D eigenvalue weighted by Gasteiger charge is -2.19. The predicted octanol–water partition coefficient (Wildman–Crippen LogP) is 3.06. The molecular weight excluding hydrogens is 292 g/mol. The van der Waals surface area contributed by atoms with E-state index in [1.54, 1.807) is 4.68 Å². The summed E-state index contributed by atoms with van der Waals surface area (Å²) in [7, 11) is 1.90. The van der Waals surface area contributed by atoms with Gasteiger partial charge in [-0.3, -0.25) is 4.68 Å². The number of benzene rings is 1. The zero-order chi connectivity index (χ0) is 16.9. The fourth-order valence-corrected chi connectivity index (χ4v) is 2.05. The molecule has 2 aromatic rings. The van der Waals surface area contributed by atoms with Crippen LogP contribution in [0.15, 0.2) is 36.7 Å². The molecular formula is C17H24N4O2. The van der Waals surface area contributed by atoms with Crippen molar-refractivity contribution in [2.75, 3.05) is 5.32 Å². The fraction of sp³-hybridized carbons (Fsp3) is 0.412. The molecule has 2 N–H and O–H groups in total. The Labute approximate surface area is 136 Å². The maximum Gasteiger partial charge on any atom is 0.407 e. The van der Waals surface area contributed by atoms with Crippen molar-refractivity contribution in [2.45, 2.75) is 39.5 Å². The van der Waals surface area contributed by atoms with Crippen LogP contribution in [0.5, 0.6) is 0 Å². The van der Waals surface area contributed by atoms with Crippen molar-refractivity contribution < 1.29 is 9.53 Å². The second-order valence-corrected chi connectivity index (χ2v) is 6.43. The highest BCUT2D eigenvalue weighted by atomic mass is 16.6. The molecule has 6 nitrogen and oxygen atoms in total. The van der Waals surface area contributed by atoms with Crippen molar-refractivity contribution >= 4 is 11.8 Å². The molecule has 0 aliphatic rings. The lowest BCUT2D eigenvalue weighted by atomic mass is 10.2. The molecule has 1 aromatic heterocycles. The van der Waals surface area contributed by atoms with E-state index in [2.05, 4.69) is 15.7 Å². The number of amides is 1. The lowest BCUT2D eigenvalue weighted by molar-refractivity contribution is 0.0523. The van der Waals surface area contributed by atoms with Crippen LogP contribution in [0.4, 0.5) is 10.5 Å². The van der Waals surface area contributed by atoms with E-state index < -0.39 is 11.7 Å². The van der Waals surface area contributed by atoms with Crippen LogP contribution in [0.3, 0.4) is 0 Å². The average molecular weight is 316 g/mol. The number of nitrogens with zero attached hydrogens (tertiary/aromatic N) is 2. The third kappa shape index (κ3) is 6.02. The topological polar surface area (TPSA) is 68.2 Å². The van der Waals surface area contributed by atoms with Gasteiger partial charge >= 0.3 is 6.09 Å². The predicted molar refractivity (Wildman–Crippen MR) is 90.1 cm³/mol. The third-order valence-electron chi connectivity index (χ3n) is 3.02. The molecule has 0 spiro atoms. The minimum Gasteiger partial charge on any atom is -0.444 e. The summed E-state index contributed by atoms with van der Waals surface area (Å²) in [6, 6.07) is 7.92. The first-order valence-electron chi connectivity index (χ1n) is 7.59. The standard InChI is InChI=1S/C17H24N4O2/c1-17(2,3)23-16(22)19-9-13-6-5-7-15(8-13)18-10-14-11-20-21(4)12-14/h5-8,11-12,18H,9-10H2,1-4H3,(H,19,22). The van der Waals surface area contributed by atoms with Crippen molar-refractivity contribution in [3.8, 4) is 0 Å². The van der Waals surface area contributed by atoms with Gasteiger partial charge in [0.1, 0.15) is 5.60 Å². The first-order valence-corrected chi connectivity index (χ1v) is 7.59. The summed E-state index contributed by atoms with van der Waals surface area (Å²) in [5, 5.41) is 10.2. The van der Waals surface area contributed by atoms with Gasteiger partial charge in [0, 0.05) is 37.6 Å². The summed E-state index contributed by atoms with van der Waals surface area (Å²) in [6.07, 6.45) is 3.40. The van der Waals surface area contributed by atoms with Crippen LogP contribution in [-0.2, 0) is 24.9 Å². The average Bonchev–Trinajstić information content (AvgIpc) is 2.87. The molecule has 0 atom stereocenters. The van der Waals surface area contributed by atoms with Crippen molar-refractivity contribution in [3.05, 3.63) is 47.8 Å². The lowest BCUT2D eigenvalue weighted by Crippen LogP contribution is -2.32. The van der Waals surface area contributed by atoms with E-state index in [0.29, 0.717) is 13.1 Å². The summed E-state index contributed by atoms with van der Waals surface area (Å²) in [5.41, 5.74) is 2.63. The fourth-order valence-electron chi connectivity index (χ4n) is 2.05. The van der Waals surface area contributed by atoms with E-state index in [-0.39, 0.29) is 0 Å². The SMILES string of the molecule is Cn1cc(CNc2cccc(CNC(=O)OC(C)(C)C)c2)cn1. The third-order valence-corrected chi connectivity index (χ3v) is 3.02. The van der Waals surface area contributed by atoms with Gasteiger partial charge in [-0.1, -0.05) is 12.1 Å². The molecule has 23 heavy (non-hydrogen) atoms. The van der Waals surface area contributed by atoms with E-state index in [1.165, 1.54) is 0 Å². The molecule has 0 aliphatic heterocycles. The van der Waals surface area contributed by atoms with E-state index in [1.807, 2.05) is 64.5 Å². The maximum absolute atomic E-state index is 11.7. The molecule has 0 saturated carbocycles. The van der Waals surface area contributed by atoms with Gasteiger partial charge in [0.05, 0.1) is 6.20 Å². The Bertz CT molecular complexity index is 659. The van der Waals surface area contributed by atoms with Crippen LogP contribution >= 0.6 is 0 Å². The molecule has 0 unspecified atom stereocenters. The smallest absolute Gasteiger partial charge is 0.407 e. The number of ether oxygens (including phenoxy) is 1. The summed E-state index contributed by atoms with van der Waals surface area (Å²) >= 11 is 0. The van der Waals surface area contributed by atoms with Crippen LogP contribution in [0.2, 0.25) is 0 Å². The molecule has 0 fully saturated rings. The Balaban J connectivity index is 1.85. The zero-order valence-corrected chi connectivity index (χ0v) is 14.1. The molecule has 6 heteroatoms. The minimum atomic E-state index is -0.489. The molecule has 1 amide bonds. The Hall–Kier alpha value is -2.50. The number of nitrogens with one attached hydrogen (secondary N) is 2. The van der Waals surface area contributed by atoms with Crippen molar-refractivity contribution in [2.24, 2.45) is 7.05 Å². The Morgan fingerprint density at radius 2 is 2.04 bits per heavy atom. The van der Waals surface area contributed by atoms with Gasteiger partial charge in [-0.05, 0) is 38.5 Å². The van der Waals surface area contributed by atoms with Crippen LogP contribution < -0.4 is 10.6 Å². The van der Waals surface area contributed by atoms with E-state index >= 15 is 0 Å². The summed E-state index contributed by atoms with van der Waals surface area (Å²) in [6.45, 7) is 6.66. The normalized spacial score (nSPS) is 11.1. The highest BCUT2D eigenvalue weighted by Crippen LogP contribution is 2.12. The Morgan fingerprint density at radius 3 is 2.70 bits per heavy atom. The number of rotatable bonds is 5. The highest BCUT2D eigenvalue weighted by Gasteiger charge is 2.15. The minimum absolute atomic E-state index is 0.411. The Morgan fingerprint density at radius 1 is 1.26 bits per heavy atom. The van der Waals surface area contributed by atoms with Crippen molar-refractivity contribution in [3.63, 3.8) is 0 Å². The summed E-state index contributed by atoms with van der Waals surface area (Å²) in [5.74, 6) is 0. The van der Waals surface area contributed by atoms with Gasteiger partial charge in [-0.2, -0.15) is 5.10 Å². The van der Waals surface area contributed by atoms with Gasteiger partial charge in [0.15, 0.2) is 0 Å². The van der Waals surface area contributed by atoms with Crippen LogP contribution in [0.25, 0.3) is 0 Å². The number of hydrogen-bond acceptors (Lipinski definition) is 4. The molecule has 124 valence electrons. The number of hydrogen-bond donors (Lipinski definition) is 2. The summed E-state index contributed by atoms with van der Waals surface area (Å²) < 4.78 is 7.00. The quantitative estimate of drug-likeness (QED) is 0.889. The summed E-state index contributed by atoms with van der Waals surface area (Å²) in [4.78, 5) is 11.7. The van der Waals surface area contributed by atoms with Crippen LogP contribution in [0.1, 0.15) is 31.9 Å². The number of alkyl carbamates (subject to hydrolysis) is 1. The molecule has 0 saturated heterocycles. The monoisotopic (exact) mass is 316 g/mol. The number of aromatic nitrogens is 2. The van der Waals surface area contributed by atoms with Gasteiger partial charge in [-0.15, -0.1) is 0 Å². The van der Waals surface area contributed by atoms with Gasteiger partial charge in [0.2, 0.25) is 0 Å². The number of carbonyl (C=O) groups is 1. The van der Waals surface area contributed by atoms with E-state index in [0.717, 1.165) is 16.8 Å². The molecule has 1 heterocycles. The highest BCUT2D eigenvalue weighted by molar-refractivity contribution is 5.67. The largest absolute Gasteiger partial charge is 0.444 e. The second kappa shape index (κ2) is 7.17. The van der Waals surface area contributed by atoms with Crippen LogP contribution in [0, 0.1) is 0 Å². The molecule has 0 radical (unpaired) electrons. The van der Waals surface area contributed by atoms with Crippen LogP contribution in [-0.4, -0.2) is 21.5 Å². The van der Waals surface area contributed by atoms with Gasteiger partial charge in [-0.25, -0.2) is 4.79 Å². The van der Waals surface area contributed by atoms with Gasteiger partial charge < -0.3 is 15.4 Å². The molecule has 1 aromatic carbocycles. The van der Waals surface area contributed by atoms with E-state index in [4.69, 9.17) is 4.74 Å². The molecule has 0 aliphatic carbocycles. The van der Waals surface area contributed by atoms with E-state index in [9.17, 15) is 4.79 Å². The zero-order valence-electron chi connectivity index (χ0n) is 14.1. The van der Waals surface area contributed by atoms with Crippen molar-refractivity contribution in [1.29, 1.82) is 0 Å². The maximum atomic E-state index is 11.7.